The number of nitro groups is 1. The molecule has 1 aromatic carbocycles. The van der Waals surface area contributed by atoms with Gasteiger partial charge in [0.05, 0.1) is 4.92 Å². The van der Waals surface area contributed by atoms with Crippen LogP contribution in [0.2, 0.25) is 0 Å². The lowest BCUT2D eigenvalue weighted by atomic mass is 9.97. The highest BCUT2D eigenvalue weighted by atomic mass is 16.6. The van der Waals surface area contributed by atoms with Crippen molar-refractivity contribution >= 4 is 11.9 Å². The Balaban J connectivity index is 1.95. The summed E-state index contributed by atoms with van der Waals surface area (Å²) in [5.74, 6) is 0.0104. The van der Waals surface area contributed by atoms with Crippen LogP contribution >= 0.6 is 0 Å². The highest BCUT2D eigenvalue weighted by Gasteiger charge is 2.08. The van der Waals surface area contributed by atoms with Crippen LogP contribution in [0.1, 0.15) is 37.7 Å². The van der Waals surface area contributed by atoms with Crippen molar-refractivity contribution in [2.24, 2.45) is 4.99 Å². The summed E-state index contributed by atoms with van der Waals surface area (Å²) in [6.07, 6.45) is 9.54. The van der Waals surface area contributed by atoms with Gasteiger partial charge in [0.25, 0.3) is 5.69 Å². The number of rotatable bonds is 5. The number of phenolic OH excluding ortho intramolecular Hbond substituents is 1. The van der Waals surface area contributed by atoms with Crippen LogP contribution < -0.4 is 0 Å². The first kappa shape index (κ1) is 14.2. The van der Waals surface area contributed by atoms with E-state index in [4.69, 9.17) is 0 Å². The smallest absolute Gasteiger partial charge is 0.270 e. The molecule has 0 radical (unpaired) electrons. The van der Waals surface area contributed by atoms with Crippen LogP contribution in [0.5, 0.6) is 5.75 Å². The minimum atomic E-state index is -0.483. The van der Waals surface area contributed by atoms with Gasteiger partial charge in [-0.2, -0.15) is 0 Å². The number of allylic oxidation sites excluding steroid dienone is 1. The van der Waals surface area contributed by atoms with Crippen molar-refractivity contribution in [1.82, 2.24) is 0 Å². The Morgan fingerprint density at radius 1 is 1.40 bits per heavy atom. The number of hydrogen-bond donors (Lipinski definition) is 1. The van der Waals surface area contributed by atoms with Gasteiger partial charge >= 0.3 is 0 Å². The first-order chi connectivity index (χ1) is 9.66. The molecule has 0 fully saturated rings. The fourth-order valence-corrected chi connectivity index (χ4v) is 2.26. The van der Waals surface area contributed by atoms with E-state index in [1.165, 1.54) is 42.8 Å². The maximum Gasteiger partial charge on any atom is 0.270 e. The molecule has 1 N–H and O–H groups in total. The Hall–Kier alpha value is -2.17. The summed E-state index contributed by atoms with van der Waals surface area (Å²) < 4.78 is 0. The van der Waals surface area contributed by atoms with E-state index in [0.717, 1.165) is 19.3 Å². The molecule has 1 aliphatic carbocycles. The molecule has 0 heterocycles. The number of aliphatic imine (C=N–C) groups is 1. The van der Waals surface area contributed by atoms with E-state index in [-0.39, 0.29) is 11.4 Å². The van der Waals surface area contributed by atoms with Gasteiger partial charge in [-0.3, -0.25) is 15.1 Å². The van der Waals surface area contributed by atoms with Crippen LogP contribution in [0, 0.1) is 10.1 Å². The minimum absolute atomic E-state index is 0.0104. The van der Waals surface area contributed by atoms with Crippen molar-refractivity contribution in [1.29, 1.82) is 0 Å². The van der Waals surface area contributed by atoms with E-state index < -0.39 is 4.92 Å². The first-order valence-electron chi connectivity index (χ1n) is 6.82. The third-order valence-electron chi connectivity index (χ3n) is 3.40. The number of nitrogens with zero attached hydrogens (tertiary/aromatic N) is 2. The molecule has 0 amide bonds. The largest absolute Gasteiger partial charge is 0.507 e. The Morgan fingerprint density at radius 2 is 2.25 bits per heavy atom. The van der Waals surface area contributed by atoms with E-state index in [9.17, 15) is 15.2 Å². The van der Waals surface area contributed by atoms with Gasteiger partial charge in [0.15, 0.2) is 0 Å². The maximum atomic E-state index is 10.7. The molecule has 0 bridgehead atoms. The summed E-state index contributed by atoms with van der Waals surface area (Å²) in [5, 5.41) is 20.3. The van der Waals surface area contributed by atoms with Crippen LogP contribution in [-0.4, -0.2) is 22.8 Å². The van der Waals surface area contributed by atoms with E-state index in [1.807, 2.05) is 0 Å². The molecule has 106 valence electrons. The second kappa shape index (κ2) is 6.84. The van der Waals surface area contributed by atoms with Gasteiger partial charge in [-0.25, -0.2) is 0 Å². The Bertz CT molecular complexity index is 550. The SMILES string of the molecule is O=[N+]([O-])c1ccc(O)c(C=NCCC2=CCCCC2)c1. The molecule has 0 saturated carbocycles. The van der Waals surface area contributed by atoms with Crippen molar-refractivity contribution in [3.8, 4) is 5.75 Å². The lowest BCUT2D eigenvalue weighted by Gasteiger charge is -2.10. The van der Waals surface area contributed by atoms with Crippen LogP contribution in [0.3, 0.4) is 0 Å². The third kappa shape index (κ3) is 3.91. The molecule has 20 heavy (non-hydrogen) atoms. The summed E-state index contributed by atoms with van der Waals surface area (Å²) in [4.78, 5) is 14.4. The van der Waals surface area contributed by atoms with E-state index >= 15 is 0 Å². The minimum Gasteiger partial charge on any atom is -0.507 e. The number of aromatic hydroxyl groups is 1. The normalized spacial score (nSPS) is 15.3. The van der Waals surface area contributed by atoms with Gasteiger partial charge < -0.3 is 5.11 Å². The number of phenols is 1. The summed E-state index contributed by atoms with van der Waals surface area (Å²) in [7, 11) is 0. The molecule has 0 aliphatic heterocycles. The Labute approximate surface area is 117 Å². The maximum absolute atomic E-state index is 10.7. The molecule has 5 heteroatoms. The highest BCUT2D eigenvalue weighted by Crippen LogP contribution is 2.22. The molecule has 1 aliphatic rings. The molecule has 1 aromatic rings. The van der Waals surface area contributed by atoms with E-state index in [0.29, 0.717) is 12.1 Å². The second-order valence-corrected chi connectivity index (χ2v) is 4.89. The lowest BCUT2D eigenvalue weighted by molar-refractivity contribution is -0.384. The lowest BCUT2D eigenvalue weighted by Crippen LogP contribution is -1.95. The zero-order chi connectivity index (χ0) is 14.4. The summed E-state index contributed by atoms with van der Waals surface area (Å²) in [6.45, 7) is 0.647. The van der Waals surface area contributed by atoms with E-state index in [2.05, 4.69) is 11.1 Å². The van der Waals surface area contributed by atoms with Gasteiger partial charge in [0.1, 0.15) is 5.75 Å². The summed E-state index contributed by atoms with van der Waals surface area (Å²) in [6, 6.07) is 3.93. The molecule has 5 nitrogen and oxygen atoms in total. The highest BCUT2D eigenvalue weighted by molar-refractivity contribution is 5.84. The zero-order valence-corrected chi connectivity index (χ0v) is 11.3. The molecular weight excluding hydrogens is 256 g/mol. The number of benzene rings is 1. The van der Waals surface area contributed by atoms with Gasteiger partial charge in [-0.15, -0.1) is 0 Å². The Morgan fingerprint density at radius 3 is 2.95 bits per heavy atom. The number of non-ortho nitro benzene ring substituents is 1. The number of nitro benzene ring substituents is 1. The van der Waals surface area contributed by atoms with Crippen molar-refractivity contribution in [3.05, 3.63) is 45.5 Å². The zero-order valence-electron chi connectivity index (χ0n) is 11.3. The molecule has 2 rings (SSSR count). The molecular formula is C15H18N2O3. The predicted molar refractivity (Wildman–Crippen MR) is 78.4 cm³/mol. The van der Waals surface area contributed by atoms with Crippen molar-refractivity contribution in [2.45, 2.75) is 32.1 Å². The molecule has 0 unspecified atom stereocenters. The Kier molecular flexibility index (Phi) is 4.87. The van der Waals surface area contributed by atoms with Crippen LogP contribution in [0.15, 0.2) is 34.8 Å². The standard InChI is InChI=1S/C15H18N2O3/c18-15-7-6-14(17(19)20)10-13(15)11-16-9-8-12-4-2-1-3-5-12/h4,6-7,10-11,18H,1-3,5,8-9H2. The summed E-state index contributed by atoms with van der Waals surface area (Å²) >= 11 is 0. The predicted octanol–water partition coefficient (Wildman–Crippen LogP) is 3.61. The van der Waals surface area contributed by atoms with Crippen LogP contribution in [0.4, 0.5) is 5.69 Å². The average Bonchev–Trinajstić information content (AvgIpc) is 2.46. The van der Waals surface area contributed by atoms with Crippen molar-refractivity contribution < 1.29 is 10.0 Å². The van der Waals surface area contributed by atoms with Gasteiger partial charge in [-0.05, 0) is 38.2 Å². The monoisotopic (exact) mass is 274 g/mol. The van der Waals surface area contributed by atoms with Crippen LogP contribution in [-0.2, 0) is 0 Å². The van der Waals surface area contributed by atoms with Crippen LogP contribution in [0.25, 0.3) is 0 Å². The van der Waals surface area contributed by atoms with Crippen molar-refractivity contribution in [2.75, 3.05) is 6.54 Å². The average molecular weight is 274 g/mol. The number of hydrogen-bond acceptors (Lipinski definition) is 4. The fraction of sp³-hybridized carbons (Fsp3) is 0.400. The second-order valence-electron chi connectivity index (χ2n) is 4.89. The summed E-state index contributed by atoms with van der Waals surface area (Å²) in [5.41, 5.74) is 1.78. The van der Waals surface area contributed by atoms with Crippen molar-refractivity contribution in [3.63, 3.8) is 0 Å². The first-order valence-corrected chi connectivity index (χ1v) is 6.82. The molecule has 0 atom stereocenters. The fourth-order valence-electron chi connectivity index (χ4n) is 2.26. The van der Waals surface area contributed by atoms with Gasteiger partial charge in [0.2, 0.25) is 0 Å². The molecule has 0 saturated heterocycles. The topological polar surface area (TPSA) is 75.7 Å². The van der Waals surface area contributed by atoms with E-state index in [1.54, 1.807) is 0 Å². The molecule has 0 spiro atoms. The third-order valence-corrected chi connectivity index (χ3v) is 3.40. The quantitative estimate of drug-likeness (QED) is 0.385. The van der Waals surface area contributed by atoms with Gasteiger partial charge in [-0.1, -0.05) is 11.6 Å². The molecule has 0 aromatic heterocycles. The van der Waals surface area contributed by atoms with Gasteiger partial charge in [0, 0.05) is 30.5 Å².